The average Bonchev–Trinajstić information content (AvgIpc) is 1.25. The molecule has 0 rings (SSSR count). The number of hydrogen-bond donors (Lipinski definition) is 0. The first-order valence-corrected chi connectivity index (χ1v) is 42.0. The molecule has 101 heavy (non-hydrogen) atoms. The van der Waals surface area contributed by atoms with Gasteiger partial charge in [-0.15, -0.1) is 0 Å². The zero-order valence-corrected chi connectivity index (χ0v) is 66.2. The van der Waals surface area contributed by atoms with Crippen molar-refractivity contribution >= 4 is 17.9 Å². The average molecular weight is 1410 g/mol. The molecule has 0 saturated carbocycles. The molecule has 0 spiro atoms. The van der Waals surface area contributed by atoms with Crippen LogP contribution >= 0.6 is 0 Å². The van der Waals surface area contributed by atoms with Crippen molar-refractivity contribution < 1.29 is 42.9 Å². The van der Waals surface area contributed by atoms with Crippen molar-refractivity contribution in [3.8, 4) is 0 Å². The predicted molar refractivity (Wildman–Crippen MR) is 435 cm³/mol. The van der Waals surface area contributed by atoms with Crippen LogP contribution in [0.4, 0.5) is 0 Å². The number of carbonyl (C=O) groups excluding carboxylic acids is 3. The lowest BCUT2D eigenvalue weighted by molar-refractivity contribution is -0.870. The van der Waals surface area contributed by atoms with Gasteiger partial charge in [-0.3, -0.25) is 9.59 Å². The maximum Gasteiger partial charge on any atom is 0.306 e. The van der Waals surface area contributed by atoms with Crippen molar-refractivity contribution in [2.24, 2.45) is 0 Å². The number of esters is 2. The Morgan fingerprint density at radius 3 is 0.792 bits per heavy atom. The highest BCUT2D eigenvalue weighted by atomic mass is 16.7. The first kappa shape index (κ1) is 96.2. The molecule has 0 saturated heterocycles. The van der Waals surface area contributed by atoms with Gasteiger partial charge < -0.3 is 33.3 Å². The third kappa shape index (κ3) is 82.3. The molecule has 0 aromatic heterocycles. The van der Waals surface area contributed by atoms with Crippen LogP contribution in [0.2, 0.25) is 0 Å². The fourth-order valence-corrected chi connectivity index (χ4v) is 11.8. The van der Waals surface area contributed by atoms with Crippen molar-refractivity contribution in [1.82, 2.24) is 0 Å². The normalized spacial score (nSPS) is 13.4. The predicted octanol–water partition coefficient (Wildman–Crippen LogP) is 26.0. The van der Waals surface area contributed by atoms with Gasteiger partial charge in [-0.25, -0.2) is 0 Å². The van der Waals surface area contributed by atoms with Crippen molar-refractivity contribution in [3.63, 3.8) is 0 Å². The molecular formula is C92H157NO8. The molecule has 0 aliphatic carbocycles. The van der Waals surface area contributed by atoms with Crippen molar-refractivity contribution in [3.05, 3.63) is 146 Å². The molecular weight excluding hydrogens is 1250 g/mol. The van der Waals surface area contributed by atoms with Gasteiger partial charge in [0, 0.05) is 12.8 Å². The van der Waals surface area contributed by atoms with Crippen LogP contribution in [0.3, 0.4) is 0 Å². The summed E-state index contributed by atoms with van der Waals surface area (Å²) >= 11 is 0. The molecule has 2 atom stereocenters. The second kappa shape index (κ2) is 80.8. The Bertz CT molecular complexity index is 2180. The molecule has 0 aromatic carbocycles. The Morgan fingerprint density at radius 1 is 0.297 bits per heavy atom. The molecule has 0 heterocycles. The Kier molecular flexibility index (Phi) is 77.0. The highest BCUT2D eigenvalue weighted by Gasteiger charge is 2.22. The molecule has 0 aliphatic heterocycles. The summed E-state index contributed by atoms with van der Waals surface area (Å²) in [5, 5.41) is 11.9. The van der Waals surface area contributed by atoms with Gasteiger partial charge in [0.15, 0.2) is 12.4 Å². The Morgan fingerprint density at radius 2 is 0.535 bits per heavy atom. The van der Waals surface area contributed by atoms with Gasteiger partial charge in [0.25, 0.3) is 0 Å². The van der Waals surface area contributed by atoms with Gasteiger partial charge >= 0.3 is 11.9 Å². The number of carboxylic acid groups (broad SMARTS) is 1. The number of rotatable bonds is 77. The van der Waals surface area contributed by atoms with Gasteiger partial charge in [0.2, 0.25) is 0 Å². The van der Waals surface area contributed by atoms with Crippen molar-refractivity contribution in [2.75, 3.05) is 47.5 Å². The summed E-state index contributed by atoms with van der Waals surface area (Å²) in [6.07, 6.45) is 116. The van der Waals surface area contributed by atoms with E-state index in [0.29, 0.717) is 17.4 Å². The number of carbonyl (C=O) groups is 3. The summed E-state index contributed by atoms with van der Waals surface area (Å²) in [5.74, 6) is -2.28. The molecule has 0 aliphatic rings. The second-order valence-corrected chi connectivity index (χ2v) is 29.0. The fraction of sp³-hybridized carbons (Fsp3) is 0.707. The van der Waals surface area contributed by atoms with E-state index in [4.69, 9.17) is 18.9 Å². The number of hydrogen-bond acceptors (Lipinski definition) is 8. The minimum atomic E-state index is -1.63. The lowest BCUT2D eigenvalue weighted by Gasteiger charge is -2.26. The molecule has 0 bridgehead atoms. The van der Waals surface area contributed by atoms with Crippen LogP contribution in [-0.2, 0) is 33.3 Å². The summed E-state index contributed by atoms with van der Waals surface area (Å²) in [6, 6.07) is 0. The lowest BCUT2D eigenvalue weighted by atomic mass is 10.0. The minimum Gasteiger partial charge on any atom is -0.545 e. The topological polar surface area (TPSA) is 111 Å². The van der Waals surface area contributed by atoms with Crippen LogP contribution in [0.15, 0.2) is 146 Å². The Hall–Kier alpha value is -4.83. The van der Waals surface area contributed by atoms with E-state index in [-0.39, 0.29) is 38.6 Å². The van der Waals surface area contributed by atoms with E-state index in [2.05, 4.69) is 160 Å². The van der Waals surface area contributed by atoms with E-state index in [1.165, 1.54) is 205 Å². The molecule has 0 fully saturated rings. The van der Waals surface area contributed by atoms with E-state index in [1.807, 2.05) is 21.1 Å². The fourth-order valence-electron chi connectivity index (χ4n) is 11.8. The van der Waals surface area contributed by atoms with Gasteiger partial charge in [0.05, 0.1) is 40.3 Å². The summed E-state index contributed by atoms with van der Waals surface area (Å²) in [6.45, 7) is 4.55. The third-order valence-electron chi connectivity index (χ3n) is 18.1. The zero-order chi connectivity index (χ0) is 73.2. The number of aliphatic carboxylic acids is 1. The molecule has 0 radical (unpaired) electrons. The van der Waals surface area contributed by atoms with Crippen molar-refractivity contribution in [2.45, 2.75) is 373 Å². The lowest BCUT2D eigenvalue weighted by Crippen LogP contribution is -2.44. The summed E-state index contributed by atoms with van der Waals surface area (Å²) in [4.78, 5) is 37.7. The van der Waals surface area contributed by atoms with Crippen LogP contribution in [-0.4, -0.2) is 82.3 Å². The van der Waals surface area contributed by atoms with E-state index >= 15 is 0 Å². The van der Waals surface area contributed by atoms with E-state index in [1.54, 1.807) is 0 Å². The van der Waals surface area contributed by atoms with Crippen LogP contribution in [0, 0.1) is 0 Å². The molecule has 578 valence electrons. The van der Waals surface area contributed by atoms with Gasteiger partial charge in [-0.05, 0) is 116 Å². The number of quaternary nitrogens is 1. The monoisotopic (exact) mass is 1400 g/mol. The van der Waals surface area contributed by atoms with Crippen LogP contribution < -0.4 is 5.11 Å². The molecule has 2 unspecified atom stereocenters. The smallest absolute Gasteiger partial charge is 0.306 e. The molecule has 0 N–H and O–H groups in total. The van der Waals surface area contributed by atoms with Gasteiger partial charge in [-0.1, -0.05) is 378 Å². The van der Waals surface area contributed by atoms with Crippen LogP contribution in [0.5, 0.6) is 0 Å². The largest absolute Gasteiger partial charge is 0.545 e. The summed E-state index contributed by atoms with van der Waals surface area (Å²) in [5.41, 5.74) is 0. The Labute approximate surface area is 623 Å². The maximum atomic E-state index is 13.0. The minimum absolute atomic E-state index is 0.143. The number of likely N-dealkylation sites (N-methyl/N-ethyl adjacent to an activating group) is 1. The van der Waals surface area contributed by atoms with Crippen LogP contribution in [0.1, 0.15) is 361 Å². The third-order valence-corrected chi connectivity index (χ3v) is 18.1. The first-order chi connectivity index (χ1) is 49.6. The molecule has 0 aromatic rings. The van der Waals surface area contributed by atoms with E-state index < -0.39 is 24.3 Å². The van der Waals surface area contributed by atoms with E-state index in [9.17, 15) is 19.5 Å². The number of unbranched alkanes of at least 4 members (excludes halogenated alkanes) is 38. The molecule has 0 amide bonds. The van der Waals surface area contributed by atoms with Crippen molar-refractivity contribution in [1.29, 1.82) is 0 Å². The second-order valence-electron chi connectivity index (χ2n) is 29.0. The highest BCUT2D eigenvalue weighted by Crippen LogP contribution is 2.19. The molecule has 9 nitrogen and oxygen atoms in total. The van der Waals surface area contributed by atoms with Crippen LogP contribution in [0.25, 0.3) is 0 Å². The summed E-state index contributed by atoms with van der Waals surface area (Å²) in [7, 11) is 5.94. The number of allylic oxidation sites excluding steroid dienone is 24. The SMILES string of the molecule is CC/C=C\C/C=C\C/C=C\C/C=C\C/C=C\C/C=C\C/C=C\C/C=C\CCCCCCCCCCCCC(=O)OC(COC(=O)CCCCCCCCCCCCCCCCCCCCCCCCCCCCCC/C=C\C/C=C\C/C=C\C/C=C\CC)COC(OCC[N+](C)(C)C)C(=O)[O-]. The zero-order valence-electron chi connectivity index (χ0n) is 66.2. The van der Waals surface area contributed by atoms with E-state index in [0.717, 1.165) is 122 Å². The first-order valence-electron chi connectivity index (χ1n) is 42.0. The molecule has 9 heteroatoms. The number of ether oxygens (including phenoxy) is 4. The van der Waals surface area contributed by atoms with Gasteiger partial charge in [-0.2, -0.15) is 0 Å². The highest BCUT2D eigenvalue weighted by molar-refractivity contribution is 5.70. The van der Waals surface area contributed by atoms with Gasteiger partial charge in [0.1, 0.15) is 13.2 Å². The number of nitrogens with zero attached hydrogens (tertiary/aromatic N) is 1. The maximum absolute atomic E-state index is 13.0. The summed E-state index contributed by atoms with van der Waals surface area (Å²) < 4.78 is 22.9. The number of carboxylic acids is 1. The standard InChI is InChI=1S/C92H157NO8/c1-6-8-10-12-14-16-18-20-22-24-26-28-30-32-34-36-38-40-42-43-44-45-46-47-49-50-52-54-56-58-60-62-64-66-68-70-72-74-76-78-80-82-89(94)99-86-88(87-100-92(91(96)97)98-85-84-93(3,4)5)101-90(95)83-81-79-77-75-73-71-69-67-65-63-61-59-57-55-53-51-48-41-39-37-35-33-31-29-27-25-23-21-19-17-15-13-11-9-7-2/h8-11,14-17,20-23,26-29,33,35,39,41,51,53,57,59,88,92H,6-7,12-13,18-19,24-25,30-32,34,36-38,40,42-50,52,54-56,58,60-87H2,1-5H3/b10-8-,11-9-,16-14-,17-15-,22-20-,23-21-,28-26-,29-27-,35-33-,41-39-,53-51-,59-57-. The Balaban J connectivity index is 4.00. The quantitative estimate of drug-likeness (QED) is 0.0195.